The van der Waals surface area contributed by atoms with Gasteiger partial charge in [-0.2, -0.15) is 0 Å². The number of halogens is 1. The third-order valence-corrected chi connectivity index (χ3v) is 11.6. The van der Waals surface area contributed by atoms with Crippen LogP contribution < -0.4 is 15.5 Å². The van der Waals surface area contributed by atoms with Crippen molar-refractivity contribution in [3.63, 3.8) is 0 Å². The van der Waals surface area contributed by atoms with Crippen LogP contribution in [0.15, 0.2) is 192 Å². The number of aromatic nitrogens is 1. The van der Waals surface area contributed by atoms with Gasteiger partial charge in [-0.3, -0.25) is 14.7 Å². The SMILES string of the molecule is CC(NC(=O)C1=C2Nc3ccccc3C23[C@@H](C=C1)N(c1ccncc1)CN3C(c1ccccc1)(c1ccccc1)c1ccccc1)c1cccc(Br)c1. The van der Waals surface area contributed by atoms with Crippen molar-refractivity contribution in [1.29, 1.82) is 0 Å². The van der Waals surface area contributed by atoms with E-state index in [1.165, 1.54) is 0 Å². The molecule has 6 aromatic rings. The molecular weight excluding hydrogens is 718 g/mol. The second kappa shape index (κ2) is 13.3. The van der Waals surface area contributed by atoms with Crippen molar-refractivity contribution in [2.24, 2.45) is 0 Å². The fourth-order valence-electron chi connectivity index (χ4n) is 8.88. The molecule has 1 fully saturated rings. The Balaban J connectivity index is 1.35. The van der Waals surface area contributed by atoms with Gasteiger partial charge in [0, 0.05) is 33.8 Å². The van der Waals surface area contributed by atoms with E-state index in [0.29, 0.717) is 12.2 Å². The van der Waals surface area contributed by atoms with Gasteiger partial charge in [0.15, 0.2) is 0 Å². The zero-order valence-corrected chi connectivity index (χ0v) is 30.8. The van der Waals surface area contributed by atoms with E-state index < -0.39 is 11.1 Å². The van der Waals surface area contributed by atoms with Crippen LogP contribution in [-0.4, -0.2) is 28.5 Å². The molecule has 5 aromatic carbocycles. The number of anilines is 2. The lowest BCUT2D eigenvalue weighted by Gasteiger charge is -2.52. The number of rotatable bonds is 8. The lowest BCUT2D eigenvalue weighted by molar-refractivity contribution is -0.118. The maximum Gasteiger partial charge on any atom is 0.253 e. The van der Waals surface area contributed by atoms with Crippen LogP contribution in [0, 0.1) is 0 Å². The van der Waals surface area contributed by atoms with Gasteiger partial charge in [0.05, 0.1) is 35.6 Å². The number of carbonyl (C=O) groups excluding carboxylic acids is 1. The Morgan fingerprint density at radius 2 is 1.42 bits per heavy atom. The molecule has 3 heterocycles. The first-order valence-electron chi connectivity index (χ1n) is 18.0. The monoisotopic (exact) mass is 755 g/mol. The zero-order chi connectivity index (χ0) is 36.0. The Bertz CT molecular complexity index is 2250. The molecule has 2 aliphatic heterocycles. The number of nitrogens with one attached hydrogen (secondary N) is 2. The molecule has 7 heteroatoms. The predicted molar refractivity (Wildman–Crippen MR) is 215 cm³/mol. The summed E-state index contributed by atoms with van der Waals surface area (Å²) in [5.41, 5.74) is 7.45. The summed E-state index contributed by atoms with van der Waals surface area (Å²) in [6, 6.07) is 52.8. The van der Waals surface area contributed by atoms with Crippen molar-refractivity contribution < 1.29 is 4.79 Å². The van der Waals surface area contributed by atoms with Gasteiger partial charge in [-0.15, -0.1) is 0 Å². The first kappa shape index (κ1) is 33.1. The van der Waals surface area contributed by atoms with E-state index in [0.717, 1.165) is 49.4 Å². The van der Waals surface area contributed by atoms with Gasteiger partial charge in [0.1, 0.15) is 5.54 Å². The molecule has 9 rings (SSSR count). The van der Waals surface area contributed by atoms with Crippen molar-refractivity contribution in [1.82, 2.24) is 15.2 Å². The number of nitrogens with zero attached hydrogens (tertiary/aromatic N) is 3. The number of amides is 1. The average molecular weight is 757 g/mol. The molecule has 3 atom stereocenters. The highest BCUT2D eigenvalue weighted by Gasteiger charge is 2.66. The summed E-state index contributed by atoms with van der Waals surface area (Å²) < 4.78 is 0.974. The van der Waals surface area contributed by atoms with Crippen LogP contribution in [0.25, 0.3) is 0 Å². The Hall–Kier alpha value is -5.76. The van der Waals surface area contributed by atoms with Crippen LogP contribution in [0.4, 0.5) is 11.4 Å². The smallest absolute Gasteiger partial charge is 0.253 e. The summed E-state index contributed by atoms with van der Waals surface area (Å²) in [6.07, 6.45) is 7.97. The summed E-state index contributed by atoms with van der Waals surface area (Å²) in [5.74, 6) is -0.131. The molecule has 2 N–H and O–H groups in total. The highest BCUT2D eigenvalue weighted by Crippen LogP contribution is 2.62. The summed E-state index contributed by atoms with van der Waals surface area (Å²) in [4.78, 5) is 24.2. The van der Waals surface area contributed by atoms with Gasteiger partial charge in [0.25, 0.3) is 5.91 Å². The van der Waals surface area contributed by atoms with Crippen LogP contribution in [0.5, 0.6) is 0 Å². The summed E-state index contributed by atoms with van der Waals surface area (Å²) in [7, 11) is 0. The number of para-hydroxylation sites is 1. The minimum Gasteiger partial charge on any atom is -0.356 e. The normalized spacial score (nSPS) is 19.6. The molecule has 1 amide bonds. The van der Waals surface area contributed by atoms with E-state index >= 15 is 0 Å². The van der Waals surface area contributed by atoms with Gasteiger partial charge in [-0.05, 0) is 65.6 Å². The summed E-state index contributed by atoms with van der Waals surface area (Å²) in [5, 5.41) is 7.21. The van der Waals surface area contributed by atoms with Crippen molar-refractivity contribution in [2.45, 2.75) is 30.1 Å². The van der Waals surface area contributed by atoms with Crippen LogP contribution in [0.1, 0.15) is 40.8 Å². The van der Waals surface area contributed by atoms with Gasteiger partial charge in [-0.25, -0.2) is 0 Å². The van der Waals surface area contributed by atoms with E-state index in [1.807, 2.05) is 43.6 Å². The fraction of sp³-hybridized carbons (Fsp3) is 0.130. The molecule has 2 unspecified atom stereocenters. The Kier molecular flexibility index (Phi) is 8.33. The fourth-order valence-corrected chi connectivity index (χ4v) is 9.29. The third-order valence-electron chi connectivity index (χ3n) is 11.1. The molecule has 260 valence electrons. The number of carbonyl (C=O) groups is 1. The Morgan fingerprint density at radius 1 is 0.811 bits per heavy atom. The van der Waals surface area contributed by atoms with E-state index in [1.54, 1.807) is 0 Å². The molecule has 1 saturated heterocycles. The van der Waals surface area contributed by atoms with E-state index in [4.69, 9.17) is 0 Å². The molecule has 3 aliphatic rings. The minimum absolute atomic E-state index is 0.131. The van der Waals surface area contributed by atoms with Gasteiger partial charge < -0.3 is 15.5 Å². The molecular formula is C46H38BrN5O. The van der Waals surface area contributed by atoms with Crippen LogP contribution >= 0.6 is 15.9 Å². The third kappa shape index (κ3) is 5.18. The largest absolute Gasteiger partial charge is 0.356 e. The predicted octanol–water partition coefficient (Wildman–Crippen LogP) is 9.31. The standard InChI is InChI=1S/C46H38BrN5O/c1-32(33-14-13-21-37(47)30-33)49-44(53)39-24-25-42-46(40-22-11-12-23-41(40)50-43(39)46)52(31-51(42)38-26-28-48-29-27-38)45(34-15-5-2-6-16-34,35-17-7-3-8-18-35)36-19-9-4-10-20-36/h2-30,32,42,50H,31H2,1H3,(H,49,53)/t32?,42-,46?/m1/s1. The Morgan fingerprint density at radius 3 is 2.04 bits per heavy atom. The lowest BCUT2D eigenvalue weighted by atomic mass is 9.69. The molecule has 0 radical (unpaired) electrons. The molecule has 53 heavy (non-hydrogen) atoms. The minimum atomic E-state index is -0.832. The second-order valence-electron chi connectivity index (χ2n) is 13.8. The average Bonchev–Trinajstić information content (AvgIpc) is 3.75. The molecule has 0 saturated carbocycles. The zero-order valence-electron chi connectivity index (χ0n) is 29.2. The van der Waals surface area contributed by atoms with Crippen molar-refractivity contribution in [3.05, 3.63) is 220 Å². The van der Waals surface area contributed by atoms with E-state index in [2.05, 4.69) is 181 Å². The molecule has 1 aliphatic carbocycles. The first-order valence-corrected chi connectivity index (χ1v) is 18.8. The molecule has 0 bridgehead atoms. The summed E-state index contributed by atoms with van der Waals surface area (Å²) >= 11 is 3.61. The van der Waals surface area contributed by atoms with E-state index in [-0.39, 0.29) is 18.0 Å². The number of hydrogen-bond acceptors (Lipinski definition) is 5. The lowest BCUT2D eigenvalue weighted by Crippen LogP contribution is -2.59. The van der Waals surface area contributed by atoms with Crippen molar-refractivity contribution in [2.75, 3.05) is 16.9 Å². The van der Waals surface area contributed by atoms with Crippen molar-refractivity contribution >= 4 is 33.2 Å². The van der Waals surface area contributed by atoms with Crippen LogP contribution in [0.2, 0.25) is 0 Å². The topological polar surface area (TPSA) is 60.5 Å². The van der Waals surface area contributed by atoms with Gasteiger partial charge in [0.2, 0.25) is 0 Å². The maximum atomic E-state index is 14.8. The first-order chi connectivity index (χ1) is 26.0. The summed E-state index contributed by atoms with van der Waals surface area (Å²) in [6.45, 7) is 2.58. The second-order valence-corrected chi connectivity index (χ2v) is 14.7. The number of benzene rings is 5. The molecule has 1 aromatic heterocycles. The molecule has 1 spiro atoms. The van der Waals surface area contributed by atoms with Crippen molar-refractivity contribution in [3.8, 4) is 0 Å². The van der Waals surface area contributed by atoms with Crippen LogP contribution in [-0.2, 0) is 15.9 Å². The maximum absolute atomic E-state index is 14.8. The number of pyridine rings is 1. The van der Waals surface area contributed by atoms with Crippen LogP contribution in [0.3, 0.4) is 0 Å². The number of fused-ring (bicyclic) bond motifs is 1. The van der Waals surface area contributed by atoms with Gasteiger partial charge >= 0.3 is 0 Å². The Labute approximate surface area is 318 Å². The highest BCUT2D eigenvalue weighted by atomic mass is 79.9. The quantitative estimate of drug-likeness (QED) is 0.152. The highest BCUT2D eigenvalue weighted by molar-refractivity contribution is 9.10. The van der Waals surface area contributed by atoms with Gasteiger partial charge in [-0.1, -0.05) is 143 Å². The number of hydrogen-bond donors (Lipinski definition) is 2. The van der Waals surface area contributed by atoms with E-state index in [9.17, 15) is 4.79 Å². The molecule has 6 nitrogen and oxygen atoms in total.